The number of anilines is 1. The molecule has 0 aliphatic carbocycles. The number of rotatable bonds is 1. The van der Waals surface area contributed by atoms with E-state index in [4.69, 9.17) is 5.73 Å². The Balaban J connectivity index is 2.49. The summed E-state index contributed by atoms with van der Waals surface area (Å²) < 4.78 is 1.73. The van der Waals surface area contributed by atoms with Gasteiger partial charge in [-0.15, -0.1) is 5.10 Å². The largest absolute Gasteiger partial charge is 0.382 e. The monoisotopic (exact) mass is 208 g/mol. The summed E-state index contributed by atoms with van der Waals surface area (Å²) in [6, 6.07) is 0. The van der Waals surface area contributed by atoms with Gasteiger partial charge in [-0.05, 0) is 20.8 Å². The number of aromatic nitrogens is 3. The van der Waals surface area contributed by atoms with Gasteiger partial charge in [0.15, 0.2) is 0 Å². The van der Waals surface area contributed by atoms with E-state index < -0.39 is 0 Å². The summed E-state index contributed by atoms with van der Waals surface area (Å²) in [6.45, 7) is 5.98. The molecule has 0 saturated heterocycles. The molecule has 0 amide bonds. The molecule has 0 aromatic carbocycles. The first kappa shape index (κ1) is 9.21. The third-order valence-corrected chi connectivity index (χ3v) is 3.21. The van der Waals surface area contributed by atoms with Gasteiger partial charge < -0.3 is 5.73 Å². The topological polar surface area (TPSA) is 56.7 Å². The van der Waals surface area contributed by atoms with Gasteiger partial charge in [0.25, 0.3) is 0 Å². The zero-order valence-electron chi connectivity index (χ0n) is 8.40. The van der Waals surface area contributed by atoms with Crippen LogP contribution in [0.25, 0.3) is 5.13 Å². The first-order chi connectivity index (χ1) is 6.58. The molecule has 0 atom stereocenters. The molecule has 2 rings (SSSR count). The lowest BCUT2D eigenvalue weighted by Crippen LogP contribution is -1.95. The first-order valence-corrected chi connectivity index (χ1v) is 5.15. The predicted octanol–water partition coefficient (Wildman–Crippen LogP) is 1.84. The molecule has 2 aromatic heterocycles. The van der Waals surface area contributed by atoms with Crippen LogP contribution in [0.1, 0.15) is 16.1 Å². The Morgan fingerprint density at radius 1 is 1.36 bits per heavy atom. The summed E-state index contributed by atoms with van der Waals surface area (Å²) >= 11 is 1.62. The molecule has 0 aliphatic heterocycles. The van der Waals surface area contributed by atoms with Crippen LogP contribution >= 0.6 is 11.3 Å². The summed E-state index contributed by atoms with van der Waals surface area (Å²) in [4.78, 5) is 5.61. The zero-order valence-corrected chi connectivity index (χ0v) is 9.22. The van der Waals surface area contributed by atoms with Gasteiger partial charge in [-0.1, -0.05) is 11.3 Å². The molecule has 5 heteroatoms. The van der Waals surface area contributed by atoms with Crippen molar-refractivity contribution in [3.8, 4) is 5.13 Å². The molecule has 0 aliphatic rings. The minimum Gasteiger partial charge on any atom is -0.382 e. The SMILES string of the molecule is Cc1cn(-c2nc(C)c(C)s2)nc1N. The molecule has 0 spiro atoms. The highest BCUT2D eigenvalue weighted by Crippen LogP contribution is 2.21. The van der Waals surface area contributed by atoms with E-state index in [1.807, 2.05) is 20.0 Å². The van der Waals surface area contributed by atoms with Gasteiger partial charge in [0, 0.05) is 16.6 Å². The van der Waals surface area contributed by atoms with Crippen molar-refractivity contribution in [3.05, 3.63) is 22.3 Å². The highest BCUT2D eigenvalue weighted by molar-refractivity contribution is 7.14. The summed E-state index contributed by atoms with van der Waals surface area (Å²) in [7, 11) is 0. The Morgan fingerprint density at radius 3 is 2.50 bits per heavy atom. The van der Waals surface area contributed by atoms with Gasteiger partial charge in [-0.2, -0.15) is 0 Å². The molecule has 0 fully saturated rings. The fourth-order valence-electron chi connectivity index (χ4n) is 1.13. The van der Waals surface area contributed by atoms with Gasteiger partial charge in [0.1, 0.15) is 5.82 Å². The summed E-state index contributed by atoms with van der Waals surface area (Å²) in [6.07, 6.45) is 1.90. The van der Waals surface area contributed by atoms with Crippen molar-refractivity contribution >= 4 is 17.2 Å². The van der Waals surface area contributed by atoms with E-state index in [0.717, 1.165) is 16.4 Å². The molecule has 74 valence electrons. The molecule has 2 N–H and O–H groups in total. The van der Waals surface area contributed by atoms with Crippen molar-refractivity contribution in [2.45, 2.75) is 20.8 Å². The second-order valence-electron chi connectivity index (χ2n) is 3.28. The minimum absolute atomic E-state index is 0.565. The molecule has 0 radical (unpaired) electrons. The van der Waals surface area contributed by atoms with Crippen LogP contribution in [0.15, 0.2) is 6.20 Å². The van der Waals surface area contributed by atoms with E-state index >= 15 is 0 Å². The normalized spacial score (nSPS) is 10.8. The Kier molecular flexibility index (Phi) is 2.03. The van der Waals surface area contributed by atoms with Gasteiger partial charge in [-0.3, -0.25) is 0 Å². The number of hydrogen-bond donors (Lipinski definition) is 1. The van der Waals surface area contributed by atoms with Crippen LogP contribution in [0.5, 0.6) is 0 Å². The number of thiazole rings is 1. The maximum Gasteiger partial charge on any atom is 0.210 e. The van der Waals surface area contributed by atoms with Gasteiger partial charge in [0.05, 0.1) is 5.69 Å². The number of nitrogens with two attached hydrogens (primary N) is 1. The first-order valence-electron chi connectivity index (χ1n) is 4.34. The molecule has 0 saturated carbocycles. The molecular formula is C9H12N4S. The van der Waals surface area contributed by atoms with Crippen molar-refractivity contribution in [2.75, 3.05) is 5.73 Å². The molecule has 2 aromatic rings. The van der Waals surface area contributed by atoms with E-state index in [9.17, 15) is 0 Å². The van der Waals surface area contributed by atoms with Crippen molar-refractivity contribution < 1.29 is 0 Å². The number of nitrogens with zero attached hydrogens (tertiary/aromatic N) is 3. The van der Waals surface area contributed by atoms with Crippen molar-refractivity contribution in [3.63, 3.8) is 0 Å². The van der Waals surface area contributed by atoms with Crippen LogP contribution in [-0.2, 0) is 0 Å². The van der Waals surface area contributed by atoms with E-state index in [1.54, 1.807) is 16.0 Å². The molecule has 0 bridgehead atoms. The average molecular weight is 208 g/mol. The summed E-state index contributed by atoms with van der Waals surface area (Å²) in [5, 5.41) is 5.05. The van der Waals surface area contributed by atoms with Crippen LogP contribution < -0.4 is 5.73 Å². The number of aryl methyl sites for hydroxylation is 3. The lowest BCUT2D eigenvalue weighted by Gasteiger charge is -1.91. The Morgan fingerprint density at radius 2 is 2.07 bits per heavy atom. The fraction of sp³-hybridized carbons (Fsp3) is 0.333. The van der Waals surface area contributed by atoms with Crippen LogP contribution in [0.3, 0.4) is 0 Å². The van der Waals surface area contributed by atoms with E-state index in [2.05, 4.69) is 17.0 Å². The highest BCUT2D eigenvalue weighted by atomic mass is 32.1. The third kappa shape index (κ3) is 1.39. The van der Waals surface area contributed by atoms with Crippen molar-refractivity contribution in [2.24, 2.45) is 0 Å². The van der Waals surface area contributed by atoms with E-state index in [0.29, 0.717) is 5.82 Å². The standard InChI is InChI=1S/C9H12N4S/c1-5-4-13(12-8(5)10)9-11-6(2)7(3)14-9/h4H,1-3H3,(H2,10,12). The van der Waals surface area contributed by atoms with Gasteiger partial charge >= 0.3 is 0 Å². The van der Waals surface area contributed by atoms with Crippen LogP contribution in [0, 0.1) is 20.8 Å². The van der Waals surface area contributed by atoms with Gasteiger partial charge in [-0.25, -0.2) is 9.67 Å². The average Bonchev–Trinajstić information content (AvgIpc) is 2.60. The zero-order chi connectivity index (χ0) is 10.3. The smallest absolute Gasteiger partial charge is 0.210 e. The molecule has 0 unspecified atom stereocenters. The van der Waals surface area contributed by atoms with Crippen LogP contribution in [0.4, 0.5) is 5.82 Å². The summed E-state index contributed by atoms with van der Waals surface area (Å²) in [5.74, 6) is 0.565. The molecule has 14 heavy (non-hydrogen) atoms. The Labute approximate surface area is 86.4 Å². The molecule has 4 nitrogen and oxygen atoms in total. The third-order valence-electron chi connectivity index (χ3n) is 2.15. The fourth-order valence-corrected chi connectivity index (χ4v) is 1.96. The lowest BCUT2D eigenvalue weighted by molar-refractivity contribution is 0.869. The van der Waals surface area contributed by atoms with Crippen LogP contribution in [-0.4, -0.2) is 14.8 Å². The molecule has 2 heterocycles. The number of hydrogen-bond acceptors (Lipinski definition) is 4. The summed E-state index contributed by atoms with van der Waals surface area (Å²) in [5.41, 5.74) is 7.70. The Bertz CT molecular complexity index is 386. The van der Waals surface area contributed by atoms with E-state index in [1.165, 1.54) is 4.88 Å². The lowest BCUT2D eigenvalue weighted by atomic mass is 10.4. The quantitative estimate of drug-likeness (QED) is 0.778. The van der Waals surface area contributed by atoms with Gasteiger partial charge in [0.2, 0.25) is 5.13 Å². The second kappa shape index (κ2) is 3.09. The van der Waals surface area contributed by atoms with Crippen molar-refractivity contribution in [1.82, 2.24) is 14.8 Å². The molecular weight excluding hydrogens is 196 g/mol. The maximum atomic E-state index is 5.67. The van der Waals surface area contributed by atoms with E-state index in [-0.39, 0.29) is 0 Å². The van der Waals surface area contributed by atoms with Crippen LogP contribution in [0.2, 0.25) is 0 Å². The maximum absolute atomic E-state index is 5.67. The van der Waals surface area contributed by atoms with Crippen molar-refractivity contribution in [1.29, 1.82) is 0 Å². The highest BCUT2D eigenvalue weighted by Gasteiger charge is 2.08. The minimum atomic E-state index is 0.565. The second-order valence-corrected chi connectivity index (χ2v) is 4.46. The number of nitrogen functional groups attached to an aromatic ring is 1. The predicted molar refractivity (Wildman–Crippen MR) is 57.9 cm³/mol. The Hall–Kier alpha value is -1.36.